The number of piperidine rings is 1. The van der Waals surface area contributed by atoms with Crippen molar-refractivity contribution < 1.29 is 9.53 Å². The number of hydrogen-bond acceptors (Lipinski definition) is 3. The lowest BCUT2D eigenvalue weighted by Gasteiger charge is -2.45. The zero-order valence-corrected chi connectivity index (χ0v) is 15.7. The van der Waals surface area contributed by atoms with Gasteiger partial charge in [0.15, 0.2) is 0 Å². The second-order valence-corrected chi connectivity index (χ2v) is 8.32. The Labute approximate surface area is 154 Å². The summed E-state index contributed by atoms with van der Waals surface area (Å²) in [5.41, 5.74) is 1.85. The van der Waals surface area contributed by atoms with Gasteiger partial charge in [0.2, 0.25) is 0 Å². The maximum absolute atomic E-state index is 12.7. The van der Waals surface area contributed by atoms with Gasteiger partial charge < -0.3 is 4.74 Å². The number of hydrogen-bond donors (Lipinski definition) is 0. The molecular weight excluding hydrogens is 324 g/mol. The normalized spacial score (nSPS) is 22.9. The van der Waals surface area contributed by atoms with Gasteiger partial charge in [0.05, 0.1) is 11.7 Å². The van der Waals surface area contributed by atoms with Crippen LogP contribution < -0.4 is 0 Å². The third-order valence-corrected chi connectivity index (χ3v) is 5.22. The summed E-state index contributed by atoms with van der Waals surface area (Å²) in [5, 5.41) is 2.39. The molecule has 0 saturated carbocycles. The van der Waals surface area contributed by atoms with E-state index in [1.807, 2.05) is 31.9 Å². The molecule has 2 aliphatic rings. The third kappa shape index (κ3) is 3.20. The van der Waals surface area contributed by atoms with E-state index in [0.717, 1.165) is 31.4 Å². The van der Waals surface area contributed by atoms with Crippen molar-refractivity contribution in [1.29, 1.82) is 0 Å². The summed E-state index contributed by atoms with van der Waals surface area (Å²) in [6, 6.07) is 10.7. The van der Waals surface area contributed by atoms with Gasteiger partial charge in [-0.3, -0.25) is 9.88 Å². The maximum Gasteiger partial charge on any atom is 0.411 e. The average molecular weight is 350 g/mol. The van der Waals surface area contributed by atoms with Crippen LogP contribution >= 0.6 is 0 Å². The topological polar surface area (TPSA) is 42.4 Å². The highest BCUT2D eigenvalue weighted by atomic mass is 16.6. The summed E-state index contributed by atoms with van der Waals surface area (Å²) in [4.78, 5) is 19.4. The van der Waals surface area contributed by atoms with Gasteiger partial charge in [-0.1, -0.05) is 30.3 Å². The lowest BCUT2D eigenvalue weighted by atomic mass is 9.83. The van der Waals surface area contributed by atoms with E-state index in [-0.39, 0.29) is 18.2 Å². The number of amides is 1. The molecule has 2 aromatic rings. The maximum atomic E-state index is 12.7. The molecule has 4 rings (SSSR count). The third-order valence-electron chi connectivity index (χ3n) is 5.22. The summed E-state index contributed by atoms with van der Waals surface area (Å²) in [6.07, 6.45) is 7.96. The van der Waals surface area contributed by atoms with Crippen molar-refractivity contribution >= 4 is 22.4 Å². The molecule has 0 N–H and O–H groups in total. The highest BCUT2D eigenvalue weighted by molar-refractivity contribution is 5.92. The molecule has 2 unspecified atom stereocenters. The van der Waals surface area contributed by atoms with E-state index in [1.165, 1.54) is 16.3 Å². The molecule has 1 amide bonds. The predicted molar refractivity (Wildman–Crippen MR) is 104 cm³/mol. The largest absolute Gasteiger partial charge is 0.444 e. The summed E-state index contributed by atoms with van der Waals surface area (Å²) in [6.45, 7) is 5.77. The van der Waals surface area contributed by atoms with Crippen LogP contribution in [0.1, 0.15) is 52.1 Å². The predicted octanol–water partition coefficient (Wildman–Crippen LogP) is 5.18. The molecule has 1 aromatic heterocycles. The van der Waals surface area contributed by atoms with Crippen molar-refractivity contribution in [2.45, 2.75) is 64.1 Å². The first-order chi connectivity index (χ1) is 12.4. The minimum atomic E-state index is -0.466. The lowest BCUT2D eigenvalue weighted by Crippen LogP contribution is -2.53. The van der Waals surface area contributed by atoms with Crippen LogP contribution in [0.4, 0.5) is 4.79 Å². The number of rotatable bonds is 1. The Morgan fingerprint density at radius 1 is 1.19 bits per heavy atom. The number of pyridine rings is 1. The van der Waals surface area contributed by atoms with Crippen LogP contribution in [0, 0.1) is 0 Å². The molecule has 0 radical (unpaired) electrons. The van der Waals surface area contributed by atoms with E-state index in [9.17, 15) is 4.79 Å². The molecule has 3 heterocycles. The number of aromatic nitrogens is 1. The van der Waals surface area contributed by atoms with E-state index < -0.39 is 5.60 Å². The van der Waals surface area contributed by atoms with E-state index in [0.29, 0.717) is 0 Å². The Hall–Kier alpha value is -2.36. The molecular formula is C22H26N2O2. The number of nitrogens with zero attached hydrogens (tertiary/aromatic N) is 2. The minimum Gasteiger partial charge on any atom is -0.444 e. The number of benzene rings is 1. The van der Waals surface area contributed by atoms with E-state index in [1.54, 1.807) is 0 Å². The molecule has 0 aliphatic carbocycles. The number of carbonyl (C=O) groups excluding carboxylic acids is 1. The zero-order chi connectivity index (χ0) is 18.3. The quantitative estimate of drug-likeness (QED) is 0.711. The van der Waals surface area contributed by atoms with Crippen LogP contribution in [-0.4, -0.2) is 33.7 Å². The Morgan fingerprint density at radius 3 is 2.77 bits per heavy atom. The Kier molecular flexibility index (Phi) is 4.22. The molecule has 26 heavy (non-hydrogen) atoms. The van der Waals surface area contributed by atoms with Gasteiger partial charge in [0, 0.05) is 17.6 Å². The Bertz CT molecular complexity index is 861. The summed E-state index contributed by atoms with van der Waals surface area (Å²) in [7, 11) is 0. The first-order valence-corrected chi connectivity index (χ1v) is 9.48. The van der Waals surface area contributed by atoms with Gasteiger partial charge in [-0.2, -0.15) is 0 Å². The van der Waals surface area contributed by atoms with Crippen LogP contribution in [0.5, 0.6) is 0 Å². The molecule has 2 bridgehead atoms. The Morgan fingerprint density at radius 2 is 2.00 bits per heavy atom. The van der Waals surface area contributed by atoms with Crippen molar-refractivity contribution in [2.24, 2.45) is 0 Å². The van der Waals surface area contributed by atoms with Crippen molar-refractivity contribution in [1.82, 2.24) is 9.88 Å². The van der Waals surface area contributed by atoms with Crippen molar-refractivity contribution in [3.63, 3.8) is 0 Å². The van der Waals surface area contributed by atoms with Crippen LogP contribution in [0.3, 0.4) is 0 Å². The fourth-order valence-electron chi connectivity index (χ4n) is 4.18. The molecule has 1 fully saturated rings. The summed E-state index contributed by atoms with van der Waals surface area (Å²) < 4.78 is 5.67. The van der Waals surface area contributed by atoms with Crippen molar-refractivity contribution in [3.05, 3.63) is 48.3 Å². The van der Waals surface area contributed by atoms with Crippen LogP contribution in [0.15, 0.2) is 42.6 Å². The standard InChI is InChI=1S/C22H26N2O2/c1-22(2,3)26-21(25)24-17-8-6-9-18(24)14-16(13-17)20-19-10-5-4-7-15(19)11-12-23-20/h4-5,7,10-13,17-18H,6,8-9,14H2,1-3H3. The molecule has 4 nitrogen and oxygen atoms in total. The highest BCUT2D eigenvalue weighted by Crippen LogP contribution is 2.38. The fraction of sp³-hybridized carbons (Fsp3) is 0.455. The fourth-order valence-corrected chi connectivity index (χ4v) is 4.18. The monoisotopic (exact) mass is 350 g/mol. The Balaban J connectivity index is 1.69. The number of ether oxygens (including phenoxy) is 1. The molecule has 2 atom stereocenters. The molecule has 1 saturated heterocycles. The van der Waals surface area contributed by atoms with Crippen molar-refractivity contribution in [2.75, 3.05) is 0 Å². The van der Waals surface area contributed by atoms with Crippen LogP contribution in [0.2, 0.25) is 0 Å². The number of fused-ring (bicyclic) bond motifs is 3. The second-order valence-electron chi connectivity index (χ2n) is 8.32. The van der Waals surface area contributed by atoms with E-state index >= 15 is 0 Å². The van der Waals surface area contributed by atoms with Gasteiger partial charge in [-0.25, -0.2) is 4.79 Å². The highest BCUT2D eigenvalue weighted by Gasteiger charge is 2.39. The molecule has 136 valence electrons. The van der Waals surface area contributed by atoms with Gasteiger partial charge in [-0.15, -0.1) is 0 Å². The zero-order valence-electron chi connectivity index (χ0n) is 15.7. The van der Waals surface area contributed by atoms with E-state index in [4.69, 9.17) is 4.74 Å². The van der Waals surface area contributed by atoms with Gasteiger partial charge >= 0.3 is 6.09 Å². The molecule has 2 aliphatic heterocycles. The summed E-state index contributed by atoms with van der Waals surface area (Å²) in [5.74, 6) is 0. The summed E-state index contributed by atoms with van der Waals surface area (Å²) >= 11 is 0. The van der Waals surface area contributed by atoms with Crippen molar-refractivity contribution in [3.8, 4) is 0 Å². The van der Waals surface area contributed by atoms with Gasteiger partial charge in [-0.05, 0) is 63.5 Å². The SMILES string of the molecule is CC(C)(C)OC(=O)N1C2C=C(c3nccc4ccccc34)CC1CCC2. The molecule has 0 spiro atoms. The average Bonchev–Trinajstić information content (AvgIpc) is 2.58. The first-order valence-electron chi connectivity index (χ1n) is 9.48. The van der Waals surface area contributed by atoms with E-state index in [2.05, 4.69) is 41.4 Å². The first kappa shape index (κ1) is 17.1. The van der Waals surface area contributed by atoms with Crippen LogP contribution in [0.25, 0.3) is 16.3 Å². The minimum absolute atomic E-state index is 0.105. The van der Waals surface area contributed by atoms with Crippen LogP contribution in [-0.2, 0) is 4.74 Å². The molecule has 4 heteroatoms. The lowest BCUT2D eigenvalue weighted by molar-refractivity contribution is 0.0000744. The van der Waals surface area contributed by atoms with Gasteiger partial charge in [0.25, 0.3) is 0 Å². The number of carbonyl (C=O) groups is 1. The smallest absolute Gasteiger partial charge is 0.411 e. The second kappa shape index (κ2) is 6.42. The van der Waals surface area contributed by atoms with Gasteiger partial charge in [0.1, 0.15) is 5.60 Å². The molecule has 1 aromatic carbocycles.